The van der Waals surface area contributed by atoms with E-state index < -0.39 is 11.4 Å². The second-order valence-electron chi connectivity index (χ2n) is 3.74. The van der Waals surface area contributed by atoms with E-state index in [9.17, 15) is 4.21 Å². The van der Waals surface area contributed by atoms with Gasteiger partial charge in [-0.2, -0.15) is 4.21 Å². The summed E-state index contributed by atoms with van der Waals surface area (Å²) in [6.07, 6.45) is -0.250. The Labute approximate surface area is 97.4 Å². The Morgan fingerprint density at radius 2 is 2.12 bits per heavy atom. The molecule has 2 atom stereocenters. The minimum atomic E-state index is -1.60. The van der Waals surface area contributed by atoms with Crippen molar-refractivity contribution in [3.05, 3.63) is 29.3 Å². The first-order valence-electron chi connectivity index (χ1n) is 5.08. The molecule has 2 rings (SSSR count). The van der Waals surface area contributed by atoms with Crippen LogP contribution in [-0.2, 0) is 19.7 Å². The summed E-state index contributed by atoms with van der Waals surface area (Å²) < 4.78 is 26.2. The fourth-order valence-electron chi connectivity index (χ4n) is 1.58. The van der Waals surface area contributed by atoms with Gasteiger partial charge >= 0.3 is 11.4 Å². The molecule has 0 amide bonds. The quantitative estimate of drug-likeness (QED) is 0.809. The van der Waals surface area contributed by atoms with E-state index in [0.717, 1.165) is 16.9 Å². The van der Waals surface area contributed by atoms with E-state index in [1.165, 1.54) is 0 Å². The van der Waals surface area contributed by atoms with Gasteiger partial charge in [-0.05, 0) is 25.0 Å². The van der Waals surface area contributed by atoms with Crippen LogP contribution in [0.5, 0.6) is 5.75 Å². The molecule has 2 unspecified atom stereocenters. The van der Waals surface area contributed by atoms with Crippen molar-refractivity contribution in [2.45, 2.75) is 20.0 Å². The molecule has 1 aliphatic rings. The van der Waals surface area contributed by atoms with Crippen molar-refractivity contribution < 1.29 is 17.3 Å². The summed E-state index contributed by atoms with van der Waals surface area (Å²) in [6.45, 7) is 4.66. The Hall–Kier alpha value is -0.910. The van der Waals surface area contributed by atoms with E-state index in [1.54, 1.807) is 0 Å². The van der Waals surface area contributed by atoms with E-state index in [2.05, 4.69) is 0 Å². The molecule has 1 saturated heterocycles. The van der Waals surface area contributed by atoms with Crippen LogP contribution in [-0.4, -0.2) is 23.5 Å². The van der Waals surface area contributed by atoms with Gasteiger partial charge in [-0.25, -0.2) is 0 Å². The third kappa shape index (κ3) is 2.61. The van der Waals surface area contributed by atoms with Gasteiger partial charge in [0.2, 0.25) is 0 Å². The number of benzene rings is 1. The number of hydrogen-bond acceptors (Lipinski definition) is 4. The molecular weight excluding hydrogens is 228 g/mol. The lowest BCUT2D eigenvalue weighted by Gasteiger charge is -2.13. The standard InChI is InChI=1S/C11H14O4S/c1-8-4-3-5-9(2)11(8)13-6-10-7-14-16(12)15-10/h3-5,10H,6-7H2,1-2H3. The van der Waals surface area contributed by atoms with Gasteiger partial charge < -0.3 is 4.74 Å². The predicted molar refractivity (Wildman–Crippen MR) is 60.4 cm³/mol. The number of hydrogen-bond donors (Lipinski definition) is 0. The van der Waals surface area contributed by atoms with Gasteiger partial charge in [0.25, 0.3) is 0 Å². The van der Waals surface area contributed by atoms with Gasteiger partial charge in [0, 0.05) is 0 Å². The molecule has 88 valence electrons. The minimum Gasteiger partial charge on any atom is -0.490 e. The zero-order valence-corrected chi connectivity index (χ0v) is 10.1. The lowest BCUT2D eigenvalue weighted by Crippen LogP contribution is -2.20. The second kappa shape index (κ2) is 4.95. The largest absolute Gasteiger partial charge is 0.490 e. The topological polar surface area (TPSA) is 44.8 Å². The number of aryl methyl sites for hydroxylation is 2. The molecule has 1 aromatic rings. The maximum Gasteiger partial charge on any atom is 0.305 e. The first kappa shape index (κ1) is 11.6. The van der Waals surface area contributed by atoms with Gasteiger partial charge in [-0.3, -0.25) is 8.37 Å². The van der Waals surface area contributed by atoms with Gasteiger partial charge in [0.05, 0.1) is 6.61 Å². The fourth-order valence-corrected chi connectivity index (χ4v) is 2.23. The van der Waals surface area contributed by atoms with Crippen LogP contribution in [0.4, 0.5) is 0 Å². The van der Waals surface area contributed by atoms with Crippen LogP contribution < -0.4 is 4.74 Å². The van der Waals surface area contributed by atoms with Crippen molar-refractivity contribution in [1.29, 1.82) is 0 Å². The van der Waals surface area contributed by atoms with Crippen LogP contribution in [0.3, 0.4) is 0 Å². The summed E-state index contributed by atoms with van der Waals surface area (Å²) >= 11 is -1.60. The Morgan fingerprint density at radius 1 is 1.44 bits per heavy atom. The molecule has 0 aliphatic carbocycles. The Balaban J connectivity index is 1.97. The highest BCUT2D eigenvalue weighted by molar-refractivity contribution is 7.75. The van der Waals surface area contributed by atoms with Crippen molar-refractivity contribution in [1.82, 2.24) is 0 Å². The molecule has 5 heteroatoms. The molecule has 16 heavy (non-hydrogen) atoms. The molecule has 1 fully saturated rings. The van der Waals surface area contributed by atoms with E-state index in [4.69, 9.17) is 13.1 Å². The average molecular weight is 242 g/mol. The highest BCUT2D eigenvalue weighted by atomic mass is 32.2. The summed E-state index contributed by atoms with van der Waals surface area (Å²) in [5.74, 6) is 0.865. The predicted octanol–water partition coefficient (Wildman–Crippen LogP) is 1.68. The van der Waals surface area contributed by atoms with Gasteiger partial charge in [0.15, 0.2) is 0 Å². The fraction of sp³-hybridized carbons (Fsp3) is 0.455. The highest BCUT2D eigenvalue weighted by Gasteiger charge is 2.24. The molecule has 1 heterocycles. The zero-order chi connectivity index (χ0) is 11.5. The SMILES string of the molecule is Cc1cccc(C)c1OCC1COS(=O)O1. The van der Waals surface area contributed by atoms with Gasteiger partial charge in [0.1, 0.15) is 18.5 Å². The molecule has 1 aliphatic heterocycles. The van der Waals surface area contributed by atoms with Gasteiger partial charge in [-0.15, -0.1) is 0 Å². The second-order valence-corrected chi connectivity index (χ2v) is 4.58. The van der Waals surface area contributed by atoms with Crippen molar-refractivity contribution >= 4 is 11.4 Å². The summed E-state index contributed by atoms with van der Waals surface area (Å²) in [5.41, 5.74) is 2.17. The Bertz CT molecular complexity index is 385. The highest BCUT2D eigenvalue weighted by Crippen LogP contribution is 2.23. The Morgan fingerprint density at radius 3 is 2.69 bits per heavy atom. The Kier molecular flexibility index (Phi) is 3.58. The third-order valence-electron chi connectivity index (χ3n) is 2.39. The van der Waals surface area contributed by atoms with E-state index in [1.807, 2.05) is 32.0 Å². The summed E-state index contributed by atoms with van der Waals surface area (Å²) in [4.78, 5) is 0. The van der Waals surface area contributed by atoms with Crippen LogP contribution >= 0.6 is 0 Å². The molecule has 0 N–H and O–H groups in total. The normalized spacial score (nSPS) is 24.6. The lowest BCUT2D eigenvalue weighted by atomic mass is 10.1. The molecule has 1 aromatic carbocycles. The van der Waals surface area contributed by atoms with Crippen molar-refractivity contribution in [2.75, 3.05) is 13.2 Å². The number of ether oxygens (including phenoxy) is 1. The molecular formula is C11H14O4S. The van der Waals surface area contributed by atoms with E-state index >= 15 is 0 Å². The third-order valence-corrected chi connectivity index (χ3v) is 3.14. The van der Waals surface area contributed by atoms with Crippen LogP contribution in [0, 0.1) is 13.8 Å². The van der Waals surface area contributed by atoms with Crippen LogP contribution in [0.25, 0.3) is 0 Å². The first-order chi connectivity index (χ1) is 7.66. The summed E-state index contributed by atoms with van der Waals surface area (Å²) in [5, 5.41) is 0. The van der Waals surface area contributed by atoms with Crippen molar-refractivity contribution in [3.63, 3.8) is 0 Å². The molecule has 4 nitrogen and oxygen atoms in total. The van der Waals surface area contributed by atoms with E-state index in [0.29, 0.717) is 13.2 Å². The lowest BCUT2D eigenvalue weighted by molar-refractivity contribution is 0.150. The molecule has 0 spiro atoms. The van der Waals surface area contributed by atoms with Gasteiger partial charge in [-0.1, -0.05) is 18.2 Å². The number of para-hydroxylation sites is 1. The van der Waals surface area contributed by atoms with Crippen LogP contribution in [0.1, 0.15) is 11.1 Å². The molecule has 0 saturated carbocycles. The average Bonchev–Trinajstić information content (AvgIpc) is 2.63. The number of rotatable bonds is 3. The zero-order valence-electron chi connectivity index (χ0n) is 9.26. The molecule has 0 radical (unpaired) electrons. The van der Waals surface area contributed by atoms with Crippen molar-refractivity contribution in [2.24, 2.45) is 0 Å². The van der Waals surface area contributed by atoms with Crippen molar-refractivity contribution in [3.8, 4) is 5.75 Å². The molecule has 0 bridgehead atoms. The van der Waals surface area contributed by atoms with Crippen LogP contribution in [0.15, 0.2) is 18.2 Å². The smallest absolute Gasteiger partial charge is 0.305 e. The molecule has 0 aromatic heterocycles. The van der Waals surface area contributed by atoms with E-state index in [-0.39, 0.29) is 6.10 Å². The maximum atomic E-state index is 10.8. The minimum absolute atomic E-state index is 0.250. The first-order valence-corrected chi connectivity index (χ1v) is 6.08. The monoisotopic (exact) mass is 242 g/mol. The summed E-state index contributed by atoms with van der Waals surface area (Å²) in [7, 11) is 0. The van der Waals surface area contributed by atoms with Crippen LogP contribution in [0.2, 0.25) is 0 Å². The summed E-state index contributed by atoms with van der Waals surface area (Å²) in [6, 6.07) is 5.97. The maximum absolute atomic E-state index is 10.8.